The van der Waals surface area contributed by atoms with Gasteiger partial charge in [-0.2, -0.15) is 0 Å². The minimum Gasteiger partial charge on any atom is -0.462 e. The van der Waals surface area contributed by atoms with Crippen molar-refractivity contribution in [2.75, 3.05) is 13.2 Å². The Morgan fingerprint density at radius 2 is 0.514 bits per heavy atom. The van der Waals surface area contributed by atoms with Crippen LogP contribution in [0, 0.1) is 0 Å². The number of unbranched alkanes of at least 4 members (excludes halogenated alkanes) is 31. The Morgan fingerprint density at radius 3 is 0.814 bits per heavy atom. The van der Waals surface area contributed by atoms with E-state index in [1.807, 2.05) is 0 Å². The molecule has 0 N–H and O–H groups in total. The van der Waals surface area contributed by atoms with Crippen LogP contribution < -0.4 is 0 Å². The molecule has 404 valence electrons. The highest BCUT2D eigenvalue weighted by atomic mass is 16.6. The van der Waals surface area contributed by atoms with E-state index >= 15 is 0 Å². The lowest BCUT2D eigenvalue weighted by Gasteiger charge is -2.18. The Bertz CT molecular complexity index is 1310. The average Bonchev–Trinajstić information content (AvgIpc) is 3.36. The largest absolute Gasteiger partial charge is 0.462 e. The van der Waals surface area contributed by atoms with Crippen LogP contribution in [0.5, 0.6) is 0 Å². The molecule has 0 aromatic rings. The maximum absolute atomic E-state index is 12.9. The number of ether oxygens (including phenoxy) is 3. The number of carbonyl (C=O) groups excluding carboxylic acids is 3. The molecule has 0 heterocycles. The fourth-order valence-electron chi connectivity index (χ4n) is 8.36. The molecule has 0 aromatic carbocycles. The number of carbonyl (C=O) groups is 3. The van der Waals surface area contributed by atoms with Crippen molar-refractivity contribution in [2.24, 2.45) is 0 Å². The van der Waals surface area contributed by atoms with Gasteiger partial charge in [-0.05, 0) is 116 Å². The van der Waals surface area contributed by atoms with E-state index in [0.29, 0.717) is 19.3 Å². The summed E-state index contributed by atoms with van der Waals surface area (Å²) in [6.07, 6.45) is 74.6. The Morgan fingerprint density at radius 1 is 0.286 bits per heavy atom. The van der Waals surface area contributed by atoms with Gasteiger partial charge in [0.1, 0.15) is 13.2 Å². The first-order chi connectivity index (χ1) is 34.5. The highest BCUT2D eigenvalue weighted by molar-refractivity contribution is 5.71. The lowest BCUT2D eigenvalue weighted by Crippen LogP contribution is -2.30. The summed E-state index contributed by atoms with van der Waals surface area (Å²) in [6, 6.07) is 0. The standard InChI is InChI=1S/C64H112O6/c1-4-7-10-13-16-19-22-25-28-30-32-34-36-39-42-45-48-51-54-57-63(66)69-60-61(59-68-62(65)56-53-50-47-44-41-38-35-27-24-21-18-15-12-9-6-3)70-64(67)58-55-52-49-46-43-40-37-33-31-29-26-23-20-17-14-11-8-5-2/h16,18-21,23,25,27-29,31,35,61H,4-15,17,22,24,26,30,32-34,36-60H2,1-3H3/b19-16-,21-18-,23-20-,28-25-,31-29-,35-27-. The monoisotopic (exact) mass is 977 g/mol. The maximum Gasteiger partial charge on any atom is 0.306 e. The second-order valence-corrected chi connectivity index (χ2v) is 19.9. The first-order valence-electron chi connectivity index (χ1n) is 29.9. The SMILES string of the molecule is CCCCC/C=C\C/C=C\CCCCCCCCCCCC(=O)OCC(COC(=O)CCCCCCC/C=C\C/C=C\CCCCC)OC(=O)CCCCCCCCC/C=C\C/C=C\CCCCCC. The van der Waals surface area contributed by atoms with Crippen LogP contribution in [-0.4, -0.2) is 37.2 Å². The zero-order valence-electron chi connectivity index (χ0n) is 46.3. The summed E-state index contributed by atoms with van der Waals surface area (Å²) in [7, 11) is 0. The molecule has 0 radical (unpaired) electrons. The molecule has 0 saturated heterocycles. The lowest BCUT2D eigenvalue weighted by atomic mass is 10.1. The first-order valence-corrected chi connectivity index (χ1v) is 29.9. The molecule has 1 atom stereocenters. The van der Waals surface area contributed by atoms with Crippen molar-refractivity contribution in [3.8, 4) is 0 Å². The maximum atomic E-state index is 12.9. The summed E-state index contributed by atoms with van der Waals surface area (Å²) in [6.45, 7) is 6.57. The number of allylic oxidation sites excluding steroid dienone is 12. The van der Waals surface area contributed by atoms with Crippen molar-refractivity contribution < 1.29 is 28.6 Å². The minimum absolute atomic E-state index is 0.0848. The minimum atomic E-state index is -0.788. The Hall–Kier alpha value is -3.15. The van der Waals surface area contributed by atoms with E-state index in [2.05, 4.69) is 93.7 Å². The third-order valence-electron chi connectivity index (χ3n) is 12.9. The number of hydrogen-bond acceptors (Lipinski definition) is 6. The van der Waals surface area contributed by atoms with Gasteiger partial charge in [-0.25, -0.2) is 0 Å². The van der Waals surface area contributed by atoms with E-state index in [1.54, 1.807) is 0 Å². The molecule has 1 unspecified atom stereocenters. The molecule has 0 spiro atoms. The fraction of sp³-hybridized carbons (Fsp3) is 0.766. The predicted molar refractivity (Wildman–Crippen MR) is 302 cm³/mol. The van der Waals surface area contributed by atoms with Crippen LogP contribution in [0.15, 0.2) is 72.9 Å². The molecular weight excluding hydrogens is 865 g/mol. The molecule has 0 aliphatic heterocycles. The first kappa shape index (κ1) is 66.9. The Kier molecular flexibility index (Phi) is 55.8. The Balaban J connectivity index is 4.41. The number of esters is 3. The summed E-state index contributed by atoms with van der Waals surface area (Å²) in [5.74, 6) is -0.901. The average molecular weight is 978 g/mol. The molecule has 0 amide bonds. The van der Waals surface area contributed by atoms with Crippen molar-refractivity contribution in [3.63, 3.8) is 0 Å². The van der Waals surface area contributed by atoms with Crippen molar-refractivity contribution in [1.82, 2.24) is 0 Å². The van der Waals surface area contributed by atoms with Gasteiger partial charge in [0.15, 0.2) is 6.10 Å². The Labute approximate surface area is 433 Å². The highest BCUT2D eigenvalue weighted by Gasteiger charge is 2.19. The van der Waals surface area contributed by atoms with Gasteiger partial charge in [-0.3, -0.25) is 14.4 Å². The van der Waals surface area contributed by atoms with E-state index in [4.69, 9.17) is 14.2 Å². The summed E-state index contributed by atoms with van der Waals surface area (Å²) in [5, 5.41) is 0. The highest BCUT2D eigenvalue weighted by Crippen LogP contribution is 2.15. The predicted octanol–water partition coefficient (Wildman–Crippen LogP) is 20.2. The van der Waals surface area contributed by atoms with Gasteiger partial charge >= 0.3 is 17.9 Å². The molecule has 0 saturated carbocycles. The van der Waals surface area contributed by atoms with Crippen molar-refractivity contribution in [1.29, 1.82) is 0 Å². The molecule has 70 heavy (non-hydrogen) atoms. The van der Waals surface area contributed by atoms with Crippen molar-refractivity contribution >= 4 is 17.9 Å². The van der Waals surface area contributed by atoms with E-state index in [9.17, 15) is 14.4 Å². The fourth-order valence-corrected chi connectivity index (χ4v) is 8.36. The van der Waals surface area contributed by atoms with Crippen LogP contribution in [0.2, 0.25) is 0 Å². The van der Waals surface area contributed by atoms with E-state index in [1.165, 1.54) is 161 Å². The summed E-state index contributed by atoms with van der Waals surface area (Å²) < 4.78 is 16.9. The van der Waals surface area contributed by atoms with Crippen LogP contribution in [0.1, 0.15) is 297 Å². The summed E-state index contributed by atoms with van der Waals surface area (Å²) in [5.41, 5.74) is 0. The van der Waals surface area contributed by atoms with Gasteiger partial charge in [0.25, 0.3) is 0 Å². The van der Waals surface area contributed by atoms with Crippen LogP contribution >= 0.6 is 0 Å². The molecule has 0 aromatic heterocycles. The van der Waals surface area contributed by atoms with E-state index < -0.39 is 6.10 Å². The second kappa shape index (κ2) is 58.4. The molecule has 0 bridgehead atoms. The van der Waals surface area contributed by atoms with E-state index in [0.717, 1.165) is 96.3 Å². The van der Waals surface area contributed by atoms with Crippen LogP contribution in [0.25, 0.3) is 0 Å². The van der Waals surface area contributed by atoms with Gasteiger partial charge in [-0.1, -0.05) is 235 Å². The van der Waals surface area contributed by atoms with Gasteiger partial charge in [0.05, 0.1) is 0 Å². The van der Waals surface area contributed by atoms with Crippen molar-refractivity contribution in [3.05, 3.63) is 72.9 Å². The lowest BCUT2D eigenvalue weighted by molar-refractivity contribution is -0.167. The van der Waals surface area contributed by atoms with Gasteiger partial charge in [0.2, 0.25) is 0 Å². The van der Waals surface area contributed by atoms with E-state index in [-0.39, 0.29) is 31.1 Å². The smallest absolute Gasteiger partial charge is 0.306 e. The molecule has 6 nitrogen and oxygen atoms in total. The zero-order valence-corrected chi connectivity index (χ0v) is 46.3. The third-order valence-corrected chi connectivity index (χ3v) is 12.9. The summed E-state index contributed by atoms with van der Waals surface area (Å²) >= 11 is 0. The summed E-state index contributed by atoms with van der Waals surface area (Å²) in [4.78, 5) is 38.2. The molecular formula is C64H112O6. The number of hydrogen-bond donors (Lipinski definition) is 0. The second-order valence-electron chi connectivity index (χ2n) is 19.9. The molecule has 0 rings (SSSR count). The van der Waals surface area contributed by atoms with Gasteiger partial charge in [-0.15, -0.1) is 0 Å². The zero-order chi connectivity index (χ0) is 50.7. The molecule has 0 aliphatic rings. The molecule has 0 fully saturated rings. The van der Waals surface area contributed by atoms with Crippen LogP contribution in [0.3, 0.4) is 0 Å². The van der Waals surface area contributed by atoms with Crippen molar-refractivity contribution in [2.45, 2.75) is 303 Å². The molecule has 0 aliphatic carbocycles. The quantitative estimate of drug-likeness (QED) is 0.0261. The van der Waals surface area contributed by atoms with Crippen LogP contribution in [0.4, 0.5) is 0 Å². The van der Waals surface area contributed by atoms with Gasteiger partial charge in [0, 0.05) is 19.3 Å². The third kappa shape index (κ3) is 55.8. The normalized spacial score (nSPS) is 12.6. The van der Waals surface area contributed by atoms with Gasteiger partial charge < -0.3 is 14.2 Å². The van der Waals surface area contributed by atoms with Crippen LogP contribution in [-0.2, 0) is 28.6 Å². The number of rotatable bonds is 54. The topological polar surface area (TPSA) is 78.9 Å². The molecule has 6 heteroatoms.